The van der Waals surface area contributed by atoms with Crippen molar-refractivity contribution >= 4 is 29.5 Å². The maximum atomic E-state index is 7.90. The van der Waals surface area contributed by atoms with Crippen LogP contribution in [0.15, 0.2) is 64.0 Å². The number of likely N-dealkylation sites (N-methyl/N-ethyl adjacent to an activating group) is 1. The molecule has 2 N–H and O–H groups in total. The zero-order valence-corrected chi connectivity index (χ0v) is 25.7. The minimum atomic E-state index is -0.125. The second kappa shape index (κ2) is 12.8. The first-order chi connectivity index (χ1) is 20.2. The maximum absolute atomic E-state index is 7.90. The maximum Gasteiger partial charge on any atom is 0.106 e. The van der Waals surface area contributed by atoms with Gasteiger partial charge in [-0.05, 0) is 70.8 Å². The van der Waals surface area contributed by atoms with Crippen molar-refractivity contribution in [3.8, 4) is 11.3 Å². The normalized spacial score (nSPS) is 17.4. The Morgan fingerprint density at radius 3 is 2.62 bits per heavy atom. The molecule has 0 fully saturated rings. The molecule has 2 aliphatic rings. The molecule has 1 unspecified atom stereocenters. The zero-order valence-electron chi connectivity index (χ0n) is 25.7. The first-order valence-corrected chi connectivity index (χ1v) is 14.8. The summed E-state index contributed by atoms with van der Waals surface area (Å²) in [7, 11) is 6.18. The summed E-state index contributed by atoms with van der Waals surface area (Å²) in [5.41, 5.74) is 10.6. The summed E-state index contributed by atoms with van der Waals surface area (Å²) < 4.78 is 4.00. The molecule has 42 heavy (non-hydrogen) atoms. The molecule has 1 aliphatic heterocycles. The lowest BCUT2D eigenvalue weighted by molar-refractivity contribution is 0.373. The van der Waals surface area contributed by atoms with Crippen molar-refractivity contribution in [2.45, 2.75) is 65.0 Å². The number of benzene rings is 1. The van der Waals surface area contributed by atoms with Crippen molar-refractivity contribution < 1.29 is 0 Å². The highest BCUT2D eigenvalue weighted by atomic mass is 15.3. The predicted octanol–water partition coefficient (Wildman–Crippen LogP) is 5.97. The summed E-state index contributed by atoms with van der Waals surface area (Å²) in [5.74, 6) is 0.836. The van der Waals surface area contributed by atoms with Crippen LogP contribution < -0.4 is 5.32 Å². The number of aliphatic imine (C=N–C) groups is 2. The summed E-state index contributed by atoms with van der Waals surface area (Å²) in [6.07, 6.45) is 12.9. The Bertz CT molecular complexity index is 1540. The Hall–Kier alpha value is -4.11. The SMILES string of the molecule is CC1=C2/C(=C\N=C(Nc3cnn(CCN(C)C)c3)CC1)CCc1nn(C)c(-c3ccc(C(C=N)C=NC(C)C)cc3)c12. The number of aryl methyl sites for hydroxylation is 2. The Kier molecular flexibility index (Phi) is 8.97. The molecule has 0 saturated heterocycles. The van der Waals surface area contributed by atoms with Crippen LogP contribution in [0.1, 0.15) is 62.8 Å². The Morgan fingerprint density at radius 1 is 1.12 bits per heavy atom. The van der Waals surface area contributed by atoms with E-state index in [1.807, 2.05) is 48.9 Å². The van der Waals surface area contributed by atoms with E-state index in [1.54, 1.807) is 0 Å². The fraction of sp³-hybridized carbons (Fsp3) is 0.424. The van der Waals surface area contributed by atoms with Crippen LogP contribution in [-0.2, 0) is 20.0 Å². The van der Waals surface area contributed by atoms with E-state index in [2.05, 4.69) is 71.8 Å². The average Bonchev–Trinajstić information content (AvgIpc) is 3.55. The molecule has 0 bridgehead atoms. The number of nitrogens with zero attached hydrogens (tertiary/aromatic N) is 7. The predicted molar refractivity (Wildman–Crippen MR) is 174 cm³/mol. The van der Waals surface area contributed by atoms with E-state index in [4.69, 9.17) is 15.5 Å². The fourth-order valence-electron chi connectivity index (χ4n) is 5.62. The summed E-state index contributed by atoms with van der Waals surface area (Å²) in [4.78, 5) is 11.6. The molecular formula is C33H43N9. The number of nitrogens with one attached hydrogen (secondary N) is 2. The third-order valence-corrected chi connectivity index (χ3v) is 7.85. The largest absolute Gasteiger partial charge is 0.341 e. The minimum Gasteiger partial charge on any atom is -0.341 e. The molecular weight excluding hydrogens is 522 g/mol. The van der Waals surface area contributed by atoms with Crippen LogP contribution in [0.4, 0.5) is 5.69 Å². The summed E-state index contributed by atoms with van der Waals surface area (Å²) in [5, 5.41) is 20.9. The molecule has 0 radical (unpaired) electrons. The molecule has 220 valence electrons. The zero-order chi connectivity index (χ0) is 29.8. The monoisotopic (exact) mass is 565 g/mol. The molecule has 9 heteroatoms. The fourth-order valence-corrected chi connectivity index (χ4v) is 5.62. The van der Waals surface area contributed by atoms with Crippen LogP contribution in [-0.4, -0.2) is 69.4 Å². The molecule has 1 aromatic carbocycles. The molecule has 1 atom stereocenters. The van der Waals surface area contributed by atoms with E-state index < -0.39 is 0 Å². The first-order valence-electron chi connectivity index (χ1n) is 14.8. The highest BCUT2D eigenvalue weighted by Gasteiger charge is 2.29. The van der Waals surface area contributed by atoms with E-state index in [0.717, 1.165) is 72.8 Å². The van der Waals surface area contributed by atoms with Crippen LogP contribution in [0.5, 0.6) is 0 Å². The van der Waals surface area contributed by atoms with Crippen LogP contribution in [0, 0.1) is 5.41 Å². The number of fused-ring (bicyclic) bond motifs is 3. The highest BCUT2D eigenvalue weighted by molar-refractivity contribution is 5.98. The Labute approximate surface area is 249 Å². The minimum absolute atomic E-state index is 0.125. The van der Waals surface area contributed by atoms with Crippen LogP contribution in [0.3, 0.4) is 0 Å². The third kappa shape index (κ3) is 6.51. The second-order valence-corrected chi connectivity index (χ2v) is 11.8. The van der Waals surface area contributed by atoms with Crippen LogP contribution in [0.2, 0.25) is 0 Å². The van der Waals surface area contributed by atoms with Gasteiger partial charge in [-0.1, -0.05) is 29.8 Å². The highest BCUT2D eigenvalue weighted by Crippen LogP contribution is 2.43. The van der Waals surface area contributed by atoms with E-state index >= 15 is 0 Å². The van der Waals surface area contributed by atoms with Crippen molar-refractivity contribution in [2.24, 2.45) is 17.0 Å². The van der Waals surface area contributed by atoms with Gasteiger partial charge in [0.15, 0.2) is 0 Å². The number of anilines is 1. The summed E-state index contributed by atoms with van der Waals surface area (Å²) >= 11 is 0. The van der Waals surface area contributed by atoms with Gasteiger partial charge in [-0.15, -0.1) is 0 Å². The average molecular weight is 566 g/mol. The van der Waals surface area contributed by atoms with E-state index in [-0.39, 0.29) is 12.0 Å². The Balaban J connectivity index is 1.42. The van der Waals surface area contributed by atoms with Gasteiger partial charge in [-0.3, -0.25) is 14.4 Å². The van der Waals surface area contributed by atoms with Crippen molar-refractivity contribution in [1.29, 1.82) is 5.41 Å². The van der Waals surface area contributed by atoms with Gasteiger partial charge in [-0.25, -0.2) is 4.99 Å². The molecule has 1 aliphatic carbocycles. The lowest BCUT2D eigenvalue weighted by Crippen LogP contribution is -2.18. The van der Waals surface area contributed by atoms with Gasteiger partial charge in [-0.2, -0.15) is 10.2 Å². The standard InChI is InChI=1S/C33H43N9/c1-22(2)35-19-27(17-34)24-8-10-25(11-9-24)33-32-29(39-41(33)6)13-12-26-18-36-30(14-7-23(3)31(26)32)38-28-20-37-42(21-28)16-15-40(4)5/h8-11,17-22,27,34H,7,12-16H2,1-6H3,(H,36,38)/b26-18-,31-23?,34-17?,35-19?. The third-order valence-electron chi connectivity index (χ3n) is 7.85. The van der Waals surface area contributed by atoms with Gasteiger partial charge in [0.2, 0.25) is 0 Å². The molecule has 5 rings (SSSR count). The van der Waals surface area contributed by atoms with Crippen molar-refractivity contribution in [2.75, 3.05) is 26.0 Å². The molecule has 3 aromatic rings. The van der Waals surface area contributed by atoms with Gasteiger partial charge >= 0.3 is 0 Å². The van der Waals surface area contributed by atoms with Crippen LogP contribution >= 0.6 is 0 Å². The van der Waals surface area contributed by atoms with Crippen molar-refractivity contribution in [3.05, 3.63) is 70.8 Å². The van der Waals surface area contributed by atoms with Gasteiger partial charge in [0, 0.05) is 62.0 Å². The lowest BCUT2D eigenvalue weighted by Gasteiger charge is -2.24. The molecule has 2 aromatic heterocycles. The number of rotatable bonds is 9. The van der Waals surface area contributed by atoms with Crippen molar-refractivity contribution in [1.82, 2.24) is 24.5 Å². The summed E-state index contributed by atoms with van der Waals surface area (Å²) in [6, 6.07) is 8.74. The van der Waals surface area contributed by atoms with Gasteiger partial charge in [0.05, 0.1) is 35.7 Å². The quantitative estimate of drug-likeness (QED) is 0.313. The number of allylic oxidation sites excluding steroid dienone is 3. The molecule has 3 heterocycles. The number of hydrogen-bond donors (Lipinski definition) is 2. The van der Waals surface area contributed by atoms with E-state index in [1.165, 1.54) is 28.5 Å². The van der Waals surface area contributed by atoms with Gasteiger partial charge in [0.25, 0.3) is 0 Å². The molecule has 0 saturated carbocycles. The van der Waals surface area contributed by atoms with Gasteiger partial charge < -0.3 is 15.6 Å². The van der Waals surface area contributed by atoms with Gasteiger partial charge in [0.1, 0.15) is 5.84 Å². The van der Waals surface area contributed by atoms with E-state index in [9.17, 15) is 0 Å². The van der Waals surface area contributed by atoms with E-state index in [0.29, 0.717) is 0 Å². The lowest BCUT2D eigenvalue weighted by atomic mass is 9.81. The number of aromatic nitrogens is 4. The number of hydrogen-bond acceptors (Lipinski definition) is 7. The first kappa shape index (κ1) is 29.4. The Morgan fingerprint density at radius 2 is 1.90 bits per heavy atom. The molecule has 0 amide bonds. The second-order valence-electron chi connectivity index (χ2n) is 11.8. The van der Waals surface area contributed by atoms with Crippen molar-refractivity contribution in [3.63, 3.8) is 0 Å². The molecule has 0 spiro atoms. The summed E-state index contributed by atoms with van der Waals surface area (Å²) in [6.45, 7) is 8.15. The van der Waals surface area contributed by atoms with Crippen LogP contribution in [0.25, 0.3) is 16.8 Å². The molecule has 9 nitrogen and oxygen atoms in total. The topological polar surface area (TPSA) is 99.5 Å². The number of amidine groups is 1. The smallest absolute Gasteiger partial charge is 0.106 e.